The lowest BCUT2D eigenvalue weighted by molar-refractivity contribution is 0.0527. The summed E-state index contributed by atoms with van der Waals surface area (Å²) in [5.74, 6) is -0.324. The summed E-state index contributed by atoms with van der Waals surface area (Å²) in [7, 11) is -2.49. The maximum Gasteiger partial charge on any atom is 0.342 e. The third-order valence-corrected chi connectivity index (χ3v) is 7.57. The van der Waals surface area contributed by atoms with Crippen molar-refractivity contribution in [1.82, 2.24) is 4.57 Å². The molecule has 1 heterocycles. The summed E-state index contributed by atoms with van der Waals surface area (Å²) in [5, 5.41) is 0. The van der Waals surface area contributed by atoms with E-state index in [1.165, 1.54) is 11.4 Å². The number of rotatable bonds is 6. The minimum atomic E-state index is -3.97. The zero-order valence-corrected chi connectivity index (χ0v) is 20.6. The second kappa shape index (κ2) is 9.35. The van der Waals surface area contributed by atoms with Gasteiger partial charge in [0.15, 0.2) is 0 Å². The van der Waals surface area contributed by atoms with E-state index >= 15 is 0 Å². The highest BCUT2D eigenvalue weighted by Crippen LogP contribution is 2.39. The molecule has 2 aromatic carbocycles. The molecule has 6 nitrogen and oxygen atoms in total. The third kappa shape index (κ3) is 4.19. The van der Waals surface area contributed by atoms with E-state index in [1.807, 2.05) is 67.0 Å². The van der Waals surface area contributed by atoms with Gasteiger partial charge < -0.3 is 4.74 Å². The quantitative estimate of drug-likeness (QED) is 0.439. The van der Waals surface area contributed by atoms with Crippen LogP contribution in [0.1, 0.15) is 46.1 Å². The molecule has 0 saturated heterocycles. The van der Waals surface area contributed by atoms with Crippen LogP contribution in [-0.2, 0) is 14.8 Å². The van der Waals surface area contributed by atoms with Crippen LogP contribution < -0.4 is 4.31 Å². The largest absolute Gasteiger partial charge is 0.462 e. The maximum absolute atomic E-state index is 13.7. The Bertz CT molecular complexity index is 1380. The molecule has 34 heavy (non-hydrogen) atoms. The van der Waals surface area contributed by atoms with Crippen molar-refractivity contribution in [2.75, 3.05) is 18.0 Å². The van der Waals surface area contributed by atoms with Gasteiger partial charge in [-0.25, -0.2) is 13.2 Å². The molecule has 7 heteroatoms. The van der Waals surface area contributed by atoms with Crippen molar-refractivity contribution in [1.29, 1.82) is 0 Å². The molecule has 0 saturated carbocycles. The molecule has 176 valence electrons. The molecule has 0 bridgehead atoms. The van der Waals surface area contributed by atoms with E-state index in [-0.39, 0.29) is 22.9 Å². The van der Waals surface area contributed by atoms with Crippen molar-refractivity contribution in [3.05, 3.63) is 88.6 Å². The first-order valence-corrected chi connectivity index (χ1v) is 12.6. The first-order valence-electron chi connectivity index (χ1n) is 11.2. The molecule has 0 N–H and O–H groups in total. The van der Waals surface area contributed by atoms with Gasteiger partial charge >= 0.3 is 5.97 Å². The predicted octanol–water partition coefficient (Wildman–Crippen LogP) is 5.53. The highest BCUT2D eigenvalue weighted by atomic mass is 32.2. The number of aryl methyl sites for hydroxylation is 2. The topological polar surface area (TPSA) is 68.6 Å². The molecule has 0 amide bonds. The van der Waals surface area contributed by atoms with Crippen molar-refractivity contribution in [3.8, 4) is 5.69 Å². The summed E-state index contributed by atoms with van der Waals surface area (Å²) >= 11 is 0. The van der Waals surface area contributed by atoms with E-state index in [0.717, 1.165) is 22.5 Å². The summed E-state index contributed by atoms with van der Waals surface area (Å²) in [5.41, 5.74) is 4.36. The van der Waals surface area contributed by atoms with Gasteiger partial charge in [-0.2, -0.15) is 0 Å². The molecule has 4 rings (SSSR count). The molecular formula is C27H28N2O4S. The van der Waals surface area contributed by atoms with E-state index < -0.39 is 16.0 Å². The van der Waals surface area contributed by atoms with Crippen molar-refractivity contribution in [3.63, 3.8) is 0 Å². The van der Waals surface area contributed by atoms with Crippen LogP contribution in [-0.4, -0.2) is 32.6 Å². The minimum Gasteiger partial charge on any atom is -0.462 e. The molecule has 1 aliphatic rings. The zero-order valence-electron chi connectivity index (χ0n) is 19.8. The van der Waals surface area contributed by atoms with Gasteiger partial charge in [-0.05, 0) is 57.5 Å². The molecule has 0 radical (unpaired) electrons. The van der Waals surface area contributed by atoms with E-state index in [9.17, 15) is 13.2 Å². The van der Waals surface area contributed by atoms with Crippen LogP contribution in [0.25, 0.3) is 17.8 Å². The Labute approximate surface area is 200 Å². The van der Waals surface area contributed by atoms with Crippen LogP contribution >= 0.6 is 0 Å². The SMILES string of the molecule is CCOC(=O)c1c2c(n(-c3ccc(C)cc3)c1N(C)S(=O)(=O)c1ccc(C)cc1)C=CCC=C2. The number of fused-ring (bicyclic) bond motifs is 1. The molecule has 0 fully saturated rings. The second-order valence-electron chi connectivity index (χ2n) is 8.21. The smallest absolute Gasteiger partial charge is 0.342 e. The zero-order chi connectivity index (χ0) is 24.5. The van der Waals surface area contributed by atoms with Gasteiger partial charge in [-0.1, -0.05) is 53.6 Å². The fraction of sp³-hybridized carbons (Fsp3) is 0.222. The standard InChI is InChI=1S/C27H28N2O4S/c1-5-33-27(30)25-23-9-7-6-8-10-24(23)29(21-15-11-19(2)12-16-21)26(25)28(4)34(31,32)22-17-13-20(3)14-18-22/h7-18H,5-6H2,1-4H3. The number of anilines is 1. The lowest BCUT2D eigenvalue weighted by atomic mass is 10.1. The lowest BCUT2D eigenvalue weighted by Crippen LogP contribution is -2.30. The molecule has 0 aliphatic heterocycles. The van der Waals surface area contributed by atoms with Crippen LogP contribution in [0, 0.1) is 13.8 Å². The maximum atomic E-state index is 13.7. The second-order valence-corrected chi connectivity index (χ2v) is 10.2. The van der Waals surface area contributed by atoms with E-state index in [1.54, 1.807) is 31.2 Å². The minimum absolute atomic E-state index is 0.147. The number of nitrogens with zero attached hydrogens (tertiary/aromatic N) is 2. The van der Waals surface area contributed by atoms with Crippen molar-refractivity contribution in [2.45, 2.75) is 32.1 Å². The number of sulfonamides is 1. The van der Waals surface area contributed by atoms with Crippen LogP contribution in [0.5, 0.6) is 0 Å². The van der Waals surface area contributed by atoms with Gasteiger partial charge in [-0.3, -0.25) is 8.87 Å². The summed E-state index contributed by atoms with van der Waals surface area (Å²) < 4.78 is 35.8. The van der Waals surface area contributed by atoms with Crippen LogP contribution in [0.2, 0.25) is 0 Å². The average molecular weight is 477 g/mol. The van der Waals surface area contributed by atoms with E-state index in [4.69, 9.17) is 4.74 Å². The first kappa shape index (κ1) is 23.6. The van der Waals surface area contributed by atoms with E-state index in [2.05, 4.69) is 0 Å². The van der Waals surface area contributed by atoms with E-state index in [0.29, 0.717) is 12.0 Å². The van der Waals surface area contributed by atoms with Gasteiger partial charge in [-0.15, -0.1) is 0 Å². The number of hydrogen-bond acceptors (Lipinski definition) is 4. The van der Waals surface area contributed by atoms with Gasteiger partial charge in [0, 0.05) is 18.3 Å². The number of carbonyl (C=O) groups is 1. The molecule has 0 spiro atoms. The summed E-state index contributed by atoms with van der Waals surface area (Å²) in [4.78, 5) is 13.4. The predicted molar refractivity (Wildman–Crippen MR) is 136 cm³/mol. The van der Waals surface area contributed by atoms with Crippen LogP contribution in [0.3, 0.4) is 0 Å². The molecule has 1 aromatic heterocycles. The van der Waals surface area contributed by atoms with Gasteiger partial charge in [0.25, 0.3) is 10.0 Å². The molecule has 3 aromatic rings. The highest BCUT2D eigenvalue weighted by molar-refractivity contribution is 7.92. The van der Waals surface area contributed by atoms with Gasteiger partial charge in [0.05, 0.1) is 17.2 Å². The summed E-state index contributed by atoms with van der Waals surface area (Å²) in [6.07, 6.45) is 8.43. The fourth-order valence-corrected chi connectivity index (χ4v) is 5.21. The Balaban J connectivity index is 2.05. The Morgan fingerprint density at radius 1 is 0.971 bits per heavy atom. The molecule has 0 atom stereocenters. The molecule has 0 unspecified atom stereocenters. The number of carbonyl (C=O) groups excluding carboxylic acids is 1. The number of ether oxygens (including phenoxy) is 1. The molecular weight excluding hydrogens is 448 g/mol. The number of allylic oxidation sites excluding steroid dienone is 2. The Kier molecular flexibility index (Phi) is 6.48. The Morgan fingerprint density at radius 2 is 1.56 bits per heavy atom. The summed E-state index contributed by atoms with van der Waals surface area (Å²) in [6, 6.07) is 14.4. The van der Waals surface area contributed by atoms with Crippen LogP contribution in [0.15, 0.2) is 65.6 Å². The average Bonchev–Trinajstić information content (AvgIpc) is 2.95. The Morgan fingerprint density at radius 3 is 2.18 bits per heavy atom. The fourth-order valence-electron chi connectivity index (χ4n) is 4.01. The lowest BCUT2D eigenvalue weighted by Gasteiger charge is -2.23. The van der Waals surface area contributed by atoms with Gasteiger partial charge in [0.2, 0.25) is 0 Å². The normalized spacial score (nSPS) is 12.8. The van der Waals surface area contributed by atoms with Crippen molar-refractivity contribution < 1.29 is 17.9 Å². The number of benzene rings is 2. The third-order valence-electron chi connectivity index (χ3n) is 5.80. The van der Waals surface area contributed by atoms with Crippen molar-refractivity contribution in [2.24, 2.45) is 0 Å². The number of aromatic nitrogens is 1. The summed E-state index contributed by atoms with van der Waals surface area (Å²) in [6.45, 7) is 5.80. The number of hydrogen-bond donors (Lipinski definition) is 0. The first-order chi connectivity index (χ1) is 16.3. The Hall–Kier alpha value is -3.58. The highest BCUT2D eigenvalue weighted by Gasteiger charge is 2.34. The monoisotopic (exact) mass is 476 g/mol. The molecule has 1 aliphatic carbocycles. The number of esters is 1. The van der Waals surface area contributed by atoms with Crippen molar-refractivity contribution >= 4 is 34.0 Å². The van der Waals surface area contributed by atoms with Crippen LogP contribution in [0.4, 0.5) is 5.82 Å². The van der Waals surface area contributed by atoms with Gasteiger partial charge in [0.1, 0.15) is 11.4 Å².